The van der Waals surface area contributed by atoms with Crippen LogP contribution >= 0.6 is 15.9 Å². The van der Waals surface area contributed by atoms with Crippen molar-refractivity contribution >= 4 is 44.7 Å². The summed E-state index contributed by atoms with van der Waals surface area (Å²) < 4.78 is 14.4. The van der Waals surface area contributed by atoms with Crippen LogP contribution in [0, 0.1) is 11.8 Å². The van der Waals surface area contributed by atoms with Crippen LogP contribution in [0.1, 0.15) is 23.2 Å². The fourth-order valence-corrected chi connectivity index (χ4v) is 6.67. The molecule has 0 aliphatic carbocycles. The lowest BCUT2D eigenvalue weighted by atomic mass is 10.0. The second-order valence-electron chi connectivity index (χ2n) is 10.6. The first-order chi connectivity index (χ1) is 18.9. The molecule has 2 unspecified atom stereocenters. The Hall–Kier alpha value is -3.63. The van der Waals surface area contributed by atoms with E-state index in [1.54, 1.807) is 4.57 Å². The van der Waals surface area contributed by atoms with E-state index in [1.165, 1.54) is 25.1 Å². The molecule has 3 aliphatic rings. The smallest absolute Gasteiger partial charge is 0.341 e. The van der Waals surface area contributed by atoms with E-state index in [-0.39, 0.29) is 5.56 Å². The van der Waals surface area contributed by atoms with Gasteiger partial charge in [-0.3, -0.25) is 4.79 Å². The maximum atomic E-state index is 12.8. The Bertz CT molecular complexity index is 1650. The number of ether oxygens (including phenoxy) is 1. The minimum Gasteiger partial charge on any atom is -0.477 e. The van der Waals surface area contributed by atoms with Gasteiger partial charge in [-0.2, -0.15) is 4.98 Å². The van der Waals surface area contributed by atoms with Crippen LogP contribution in [0.5, 0.6) is 0 Å². The zero-order valence-corrected chi connectivity index (χ0v) is 22.8. The number of carboxylic acids is 1. The molecule has 10 heteroatoms. The molecule has 39 heavy (non-hydrogen) atoms. The fraction of sp³-hybridized carbons (Fsp3) is 0.345. The Balaban J connectivity index is 1.29. The highest BCUT2D eigenvalue weighted by Gasteiger charge is 2.38. The lowest BCUT2D eigenvalue weighted by Gasteiger charge is -2.21. The molecule has 3 aliphatic heterocycles. The molecular formula is C29H27BrN4O5. The lowest BCUT2D eigenvalue weighted by molar-refractivity contribution is 0.0695. The summed E-state index contributed by atoms with van der Waals surface area (Å²) >= 11 is 3.72. The highest BCUT2D eigenvalue weighted by molar-refractivity contribution is 9.10. The molecule has 3 saturated heterocycles. The molecule has 5 heterocycles. The highest BCUT2D eigenvalue weighted by Crippen LogP contribution is 2.36. The van der Waals surface area contributed by atoms with Crippen LogP contribution < -0.4 is 15.2 Å². The number of benzene rings is 2. The van der Waals surface area contributed by atoms with Crippen LogP contribution in [0.3, 0.4) is 0 Å². The normalized spacial score (nSPS) is 20.7. The van der Waals surface area contributed by atoms with Gasteiger partial charge in [0.1, 0.15) is 11.1 Å². The monoisotopic (exact) mass is 590 g/mol. The van der Waals surface area contributed by atoms with E-state index in [0.29, 0.717) is 34.8 Å². The van der Waals surface area contributed by atoms with E-state index in [4.69, 9.17) is 14.1 Å². The SMILES string of the molecule is O=C(O)c1cn(-c2ccc3nc(N4CC5COCC5C4)oc3c2)c(-c2ccc(N3CCCC3)c(Br)c2)cc1=O. The molecule has 200 valence electrons. The van der Waals surface area contributed by atoms with Crippen molar-refractivity contribution in [3.8, 4) is 16.9 Å². The van der Waals surface area contributed by atoms with Crippen LogP contribution in [-0.4, -0.2) is 60.0 Å². The van der Waals surface area contributed by atoms with Crippen molar-refractivity contribution in [3.05, 3.63) is 68.9 Å². The molecule has 0 radical (unpaired) electrons. The van der Waals surface area contributed by atoms with Gasteiger partial charge in [0.25, 0.3) is 6.01 Å². The molecule has 0 spiro atoms. The summed E-state index contributed by atoms with van der Waals surface area (Å²) in [6.07, 6.45) is 3.73. The van der Waals surface area contributed by atoms with Gasteiger partial charge in [-0.15, -0.1) is 0 Å². The van der Waals surface area contributed by atoms with E-state index < -0.39 is 11.4 Å². The molecule has 0 amide bonds. The van der Waals surface area contributed by atoms with Crippen molar-refractivity contribution in [3.63, 3.8) is 0 Å². The minimum absolute atomic E-state index is 0.296. The van der Waals surface area contributed by atoms with Gasteiger partial charge < -0.3 is 28.6 Å². The molecule has 2 atom stereocenters. The Morgan fingerprint density at radius 1 is 1.00 bits per heavy atom. The molecule has 7 rings (SSSR count). The number of rotatable bonds is 5. The van der Waals surface area contributed by atoms with Crippen molar-refractivity contribution in [1.29, 1.82) is 0 Å². The van der Waals surface area contributed by atoms with Gasteiger partial charge in [-0.05, 0) is 58.6 Å². The van der Waals surface area contributed by atoms with Crippen molar-refractivity contribution in [2.24, 2.45) is 11.8 Å². The number of anilines is 2. The minimum atomic E-state index is -1.27. The third kappa shape index (κ3) is 4.31. The molecular weight excluding hydrogens is 564 g/mol. The second kappa shape index (κ2) is 9.53. The number of pyridine rings is 1. The summed E-state index contributed by atoms with van der Waals surface area (Å²) in [6.45, 7) is 5.31. The van der Waals surface area contributed by atoms with Gasteiger partial charge in [0.15, 0.2) is 11.0 Å². The maximum Gasteiger partial charge on any atom is 0.341 e. The molecule has 0 bridgehead atoms. The van der Waals surface area contributed by atoms with Gasteiger partial charge in [0.05, 0.1) is 24.6 Å². The molecule has 0 saturated carbocycles. The predicted octanol–water partition coefficient (Wildman–Crippen LogP) is 4.79. The average molecular weight is 591 g/mol. The van der Waals surface area contributed by atoms with Crippen molar-refractivity contribution < 1.29 is 19.1 Å². The van der Waals surface area contributed by atoms with Crippen LogP contribution in [0.15, 0.2) is 62.3 Å². The third-order valence-corrected chi connectivity index (χ3v) is 8.76. The number of carboxylic acid groups (broad SMARTS) is 1. The number of nitrogens with zero attached hydrogens (tertiary/aromatic N) is 4. The fourth-order valence-electron chi connectivity index (χ4n) is 6.04. The number of hydrogen-bond donors (Lipinski definition) is 1. The Morgan fingerprint density at radius 3 is 2.49 bits per heavy atom. The van der Waals surface area contributed by atoms with Gasteiger partial charge in [0.2, 0.25) is 0 Å². The van der Waals surface area contributed by atoms with Gasteiger partial charge in [0, 0.05) is 66.5 Å². The quantitative estimate of drug-likeness (QED) is 0.354. The Labute approximate surface area is 232 Å². The van der Waals surface area contributed by atoms with Crippen molar-refractivity contribution in [2.75, 3.05) is 49.2 Å². The number of hydrogen-bond acceptors (Lipinski definition) is 7. The molecule has 1 N–H and O–H groups in total. The van der Waals surface area contributed by atoms with E-state index >= 15 is 0 Å². The number of carbonyl (C=O) groups is 1. The summed E-state index contributed by atoms with van der Waals surface area (Å²) in [5, 5.41) is 9.70. The zero-order chi connectivity index (χ0) is 26.7. The van der Waals surface area contributed by atoms with Gasteiger partial charge in [-0.25, -0.2) is 4.79 Å². The first kappa shape index (κ1) is 24.4. The van der Waals surface area contributed by atoms with Crippen LogP contribution in [0.2, 0.25) is 0 Å². The van der Waals surface area contributed by atoms with E-state index in [2.05, 4.69) is 25.7 Å². The Kier molecular flexibility index (Phi) is 5.97. The first-order valence-electron chi connectivity index (χ1n) is 13.2. The number of aromatic nitrogens is 2. The standard InChI is InChI=1S/C29H27BrN4O5/c30-22-9-17(3-6-24(22)32-7-1-2-8-32)25-11-26(35)21(28(36)37)14-34(25)20-4-5-23-27(10-20)39-29(31-23)33-12-18-15-38-16-19(18)13-33/h3-6,9-11,14,18-19H,1-2,7-8,12-13,15-16H2,(H,36,37). The number of fused-ring (bicyclic) bond motifs is 2. The third-order valence-electron chi connectivity index (χ3n) is 8.12. The second-order valence-corrected chi connectivity index (χ2v) is 11.4. The molecule has 2 aromatic carbocycles. The van der Waals surface area contributed by atoms with E-state index in [1.807, 2.05) is 36.4 Å². The predicted molar refractivity (Wildman–Crippen MR) is 151 cm³/mol. The summed E-state index contributed by atoms with van der Waals surface area (Å²) in [5.41, 5.74) is 3.65. The van der Waals surface area contributed by atoms with E-state index in [9.17, 15) is 14.7 Å². The summed E-state index contributed by atoms with van der Waals surface area (Å²) in [7, 11) is 0. The largest absolute Gasteiger partial charge is 0.477 e. The number of halogens is 1. The van der Waals surface area contributed by atoms with E-state index in [0.717, 1.165) is 60.6 Å². The van der Waals surface area contributed by atoms with Crippen molar-refractivity contribution in [1.82, 2.24) is 9.55 Å². The Morgan fingerprint density at radius 2 is 1.77 bits per heavy atom. The molecule has 4 aromatic rings. The molecule has 2 aromatic heterocycles. The first-order valence-corrected chi connectivity index (χ1v) is 14.0. The lowest BCUT2D eigenvalue weighted by Crippen LogP contribution is -2.22. The number of aromatic carboxylic acids is 1. The summed E-state index contributed by atoms with van der Waals surface area (Å²) in [6, 6.07) is 13.6. The number of oxazole rings is 1. The summed E-state index contributed by atoms with van der Waals surface area (Å²) in [5.74, 6) is -0.257. The summed E-state index contributed by atoms with van der Waals surface area (Å²) in [4.78, 5) is 33.9. The zero-order valence-electron chi connectivity index (χ0n) is 21.2. The molecule has 9 nitrogen and oxygen atoms in total. The van der Waals surface area contributed by atoms with Crippen LogP contribution in [0.4, 0.5) is 11.7 Å². The van der Waals surface area contributed by atoms with Gasteiger partial charge in [-0.1, -0.05) is 6.07 Å². The van der Waals surface area contributed by atoms with Crippen LogP contribution in [-0.2, 0) is 4.74 Å². The topological polar surface area (TPSA) is 101 Å². The highest BCUT2D eigenvalue weighted by atomic mass is 79.9. The molecule has 3 fully saturated rings. The average Bonchev–Trinajstić information content (AvgIpc) is 3.72. The van der Waals surface area contributed by atoms with Gasteiger partial charge >= 0.3 is 5.97 Å². The van der Waals surface area contributed by atoms with Crippen LogP contribution in [0.25, 0.3) is 28.0 Å². The van der Waals surface area contributed by atoms with Crippen molar-refractivity contribution in [2.45, 2.75) is 12.8 Å². The maximum absolute atomic E-state index is 12.8.